The number of nitrogens with zero attached hydrogens (tertiary/aromatic N) is 1. The van der Waals surface area contributed by atoms with Gasteiger partial charge in [0.2, 0.25) is 0 Å². The summed E-state index contributed by atoms with van der Waals surface area (Å²) in [7, 11) is 3.59. The number of piperidine rings is 1. The fourth-order valence-electron chi connectivity index (χ4n) is 2.59. The molecule has 5 nitrogen and oxygen atoms in total. The number of phenolic OH excluding ortho intramolecular Hbond substituents is 1. The van der Waals surface area contributed by atoms with E-state index in [9.17, 15) is 9.90 Å². The van der Waals surface area contributed by atoms with E-state index in [1.54, 1.807) is 18.2 Å². The van der Waals surface area contributed by atoms with E-state index in [-0.39, 0.29) is 22.6 Å². The molecule has 0 aromatic heterocycles. The number of likely N-dealkylation sites (tertiary alicyclic amines) is 1. The normalized spacial score (nSPS) is 18.2. The third-order valence-electron chi connectivity index (χ3n) is 4.33. The lowest BCUT2D eigenvalue weighted by Gasteiger charge is -2.37. The van der Waals surface area contributed by atoms with Gasteiger partial charge in [0.15, 0.2) is 11.5 Å². The second kappa shape index (κ2) is 6.35. The van der Waals surface area contributed by atoms with Crippen LogP contribution in [0.1, 0.15) is 30.1 Å². The summed E-state index contributed by atoms with van der Waals surface area (Å²) in [6.07, 6.45) is 2.13. The SMILES string of the molecule is COc1cccc(C(=O)NCC2(C)CCN(C)CC2)c1O. The van der Waals surface area contributed by atoms with Crippen LogP contribution in [0.25, 0.3) is 0 Å². The van der Waals surface area contributed by atoms with Gasteiger partial charge < -0.3 is 20.1 Å². The molecule has 1 saturated heterocycles. The lowest BCUT2D eigenvalue weighted by molar-refractivity contribution is 0.0888. The quantitative estimate of drug-likeness (QED) is 0.889. The second-order valence-electron chi connectivity index (χ2n) is 6.15. The predicted molar refractivity (Wildman–Crippen MR) is 81.8 cm³/mol. The number of hydrogen-bond donors (Lipinski definition) is 2. The third-order valence-corrected chi connectivity index (χ3v) is 4.33. The summed E-state index contributed by atoms with van der Waals surface area (Å²) in [5.41, 5.74) is 0.377. The van der Waals surface area contributed by atoms with Crippen LogP contribution in [0.15, 0.2) is 18.2 Å². The fraction of sp³-hybridized carbons (Fsp3) is 0.562. The molecule has 1 aromatic rings. The highest BCUT2D eigenvalue weighted by atomic mass is 16.5. The van der Waals surface area contributed by atoms with Crippen molar-refractivity contribution in [3.8, 4) is 11.5 Å². The minimum atomic E-state index is -0.258. The van der Waals surface area contributed by atoms with Crippen LogP contribution in [0.2, 0.25) is 0 Å². The van der Waals surface area contributed by atoms with Gasteiger partial charge in [0, 0.05) is 6.54 Å². The van der Waals surface area contributed by atoms with Crippen molar-refractivity contribution in [1.82, 2.24) is 10.2 Å². The molecule has 1 fully saturated rings. The van der Waals surface area contributed by atoms with E-state index < -0.39 is 0 Å². The molecule has 0 saturated carbocycles. The molecule has 5 heteroatoms. The molecule has 116 valence electrons. The minimum absolute atomic E-state index is 0.106. The number of nitrogens with one attached hydrogen (secondary N) is 1. The van der Waals surface area contributed by atoms with Gasteiger partial charge in [0.1, 0.15) is 0 Å². The molecule has 0 spiro atoms. The molecule has 1 aliphatic rings. The summed E-state index contributed by atoms with van der Waals surface area (Å²) in [5.74, 6) is -0.0502. The van der Waals surface area contributed by atoms with Gasteiger partial charge in [-0.05, 0) is 50.5 Å². The van der Waals surface area contributed by atoms with Crippen molar-refractivity contribution in [3.63, 3.8) is 0 Å². The Balaban J connectivity index is 1.99. The van der Waals surface area contributed by atoms with Crippen molar-refractivity contribution in [2.45, 2.75) is 19.8 Å². The van der Waals surface area contributed by atoms with E-state index in [0.717, 1.165) is 25.9 Å². The van der Waals surface area contributed by atoms with E-state index in [2.05, 4.69) is 24.2 Å². The third kappa shape index (κ3) is 3.67. The van der Waals surface area contributed by atoms with E-state index in [0.29, 0.717) is 12.3 Å². The molecule has 1 aromatic carbocycles. The molecule has 0 aliphatic carbocycles. The molecule has 21 heavy (non-hydrogen) atoms. The Kier molecular flexibility index (Phi) is 4.73. The van der Waals surface area contributed by atoms with E-state index in [1.807, 2.05) is 0 Å². The first-order chi connectivity index (χ1) is 9.95. The number of phenols is 1. The molecular formula is C16H24N2O3. The van der Waals surface area contributed by atoms with Crippen LogP contribution < -0.4 is 10.1 Å². The zero-order chi connectivity index (χ0) is 15.5. The molecule has 1 aliphatic heterocycles. The zero-order valence-corrected chi connectivity index (χ0v) is 13.0. The first-order valence-corrected chi connectivity index (χ1v) is 7.28. The molecule has 0 atom stereocenters. The summed E-state index contributed by atoms with van der Waals surface area (Å²) in [4.78, 5) is 14.5. The van der Waals surface area contributed by atoms with Crippen molar-refractivity contribution in [2.24, 2.45) is 5.41 Å². The summed E-state index contributed by atoms with van der Waals surface area (Å²) in [6, 6.07) is 4.93. The molecule has 1 amide bonds. The lowest BCUT2D eigenvalue weighted by Crippen LogP contribution is -2.43. The van der Waals surface area contributed by atoms with Crippen LogP contribution in [0, 0.1) is 5.41 Å². The van der Waals surface area contributed by atoms with Gasteiger partial charge in [-0.15, -0.1) is 0 Å². The Morgan fingerprint density at radius 3 is 2.71 bits per heavy atom. The first kappa shape index (κ1) is 15.6. The Labute approximate surface area is 125 Å². The Hall–Kier alpha value is -1.75. The maximum atomic E-state index is 12.2. The molecule has 2 N–H and O–H groups in total. The van der Waals surface area contributed by atoms with Crippen LogP contribution in [0.3, 0.4) is 0 Å². The molecule has 1 heterocycles. The van der Waals surface area contributed by atoms with Crippen LogP contribution >= 0.6 is 0 Å². The number of benzene rings is 1. The van der Waals surface area contributed by atoms with Crippen LogP contribution in [0.5, 0.6) is 11.5 Å². The van der Waals surface area contributed by atoms with E-state index in [4.69, 9.17) is 4.74 Å². The van der Waals surface area contributed by atoms with Gasteiger partial charge in [0.05, 0.1) is 12.7 Å². The molecule has 0 radical (unpaired) electrons. The highest BCUT2D eigenvalue weighted by Gasteiger charge is 2.29. The van der Waals surface area contributed by atoms with Gasteiger partial charge in [-0.3, -0.25) is 4.79 Å². The maximum absolute atomic E-state index is 12.2. The Morgan fingerprint density at radius 2 is 2.10 bits per heavy atom. The predicted octanol–water partition coefficient (Wildman–Crippen LogP) is 1.86. The smallest absolute Gasteiger partial charge is 0.255 e. The van der Waals surface area contributed by atoms with Gasteiger partial charge in [-0.25, -0.2) is 0 Å². The number of para-hydroxylation sites is 1. The largest absolute Gasteiger partial charge is 0.504 e. The number of aromatic hydroxyl groups is 1. The average molecular weight is 292 g/mol. The number of carbonyl (C=O) groups is 1. The van der Waals surface area contributed by atoms with Crippen LogP contribution in [-0.4, -0.2) is 49.7 Å². The standard InChI is InChI=1S/C16H24N2O3/c1-16(7-9-18(2)10-8-16)11-17-15(20)12-5-4-6-13(21-3)14(12)19/h4-6,19H,7-11H2,1-3H3,(H,17,20). The zero-order valence-electron chi connectivity index (χ0n) is 13.0. The summed E-state index contributed by atoms with van der Waals surface area (Å²) < 4.78 is 5.03. The van der Waals surface area contributed by atoms with Crippen LogP contribution in [-0.2, 0) is 0 Å². The molecule has 2 rings (SSSR count). The highest BCUT2D eigenvalue weighted by Crippen LogP contribution is 2.31. The lowest BCUT2D eigenvalue weighted by atomic mass is 9.80. The maximum Gasteiger partial charge on any atom is 0.255 e. The van der Waals surface area contributed by atoms with Crippen molar-refractivity contribution < 1.29 is 14.6 Å². The molecule has 0 bridgehead atoms. The number of hydrogen-bond acceptors (Lipinski definition) is 4. The molecular weight excluding hydrogens is 268 g/mol. The minimum Gasteiger partial charge on any atom is -0.504 e. The summed E-state index contributed by atoms with van der Waals surface area (Å²) >= 11 is 0. The van der Waals surface area contributed by atoms with Crippen molar-refractivity contribution in [1.29, 1.82) is 0 Å². The second-order valence-corrected chi connectivity index (χ2v) is 6.15. The number of amides is 1. The van der Waals surface area contributed by atoms with Crippen molar-refractivity contribution in [3.05, 3.63) is 23.8 Å². The van der Waals surface area contributed by atoms with Crippen molar-refractivity contribution >= 4 is 5.91 Å². The topological polar surface area (TPSA) is 61.8 Å². The number of ether oxygens (including phenoxy) is 1. The molecule has 0 unspecified atom stereocenters. The van der Waals surface area contributed by atoms with Gasteiger partial charge in [-0.1, -0.05) is 13.0 Å². The fourth-order valence-corrected chi connectivity index (χ4v) is 2.59. The van der Waals surface area contributed by atoms with E-state index in [1.165, 1.54) is 7.11 Å². The van der Waals surface area contributed by atoms with Crippen LogP contribution in [0.4, 0.5) is 0 Å². The van der Waals surface area contributed by atoms with Gasteiger partial charge in [0.25, 0.3) is 5.91 Å². The number of methoxy groups -OCH3 is 1. The average Bonchev–Trinajstić information content (AvgIpc) is 2.48. The van der Waals surface area contributed by atoms with Gasteiger partial charge in [-0.2, -0.15) is 0 Å². The Bertz CT molecular complexity index is 508. The highest BCUT2D eigenvalue weighted by molar-refractivity contribution is 5.97. The summed E-state index contributed by atoms with van der Waals surface area (Å²) in [5, 5.41) is 12.9. The first-order valence-electron chi connectivity index (χ1n) is 7.28. The van der Waals surface area contributed by atoms with E-state index >= 15 is 0 Å². The number of rotatable bonds is 4. The monoisotopic (exact) mass is 292 g/mol. The van der Waals surface area contributed by atoms with Crippen molar-refractivity contribution in [2.75, 3.05) is 33.8 Å². The summed E-state index contributed by atoms with van der Waals surface area (Å²) in [6.45, 7) is 4.93. The Morgan fingerprint density at radius 1 is 1.43 bits per heavy atom. The number of carbonyl (C=O) groups excluding carboxylic acids is 1. The van der Waals surface area contributed by atoms with Gasteiger partial charge >= 0.3 is 0 Å².